The van der Waals surface area contributed by atoms with Crippen molar-refractivity contribution in [2.45, 2.75) is 52.1 Å². The highest BCUT2D eigenvalue weighted by Crippen LogP contribution is 2.30. The predicted octanol–water partition coefficient (Wildman–Crippen LogP) is 3.88. The summed E-state index contributed by atoms with van der Waals surface area (Å²) in [5.74, 6) is -0.349. The van der Waals surface area contributed by atoms with Gasteiger partial charge in [-0.15, -0.1) is 0 Å². The number of nitrogens with zero attached hydrogens (tertiary/aromatic N) is 2. The Kier molecular flexibility index (Phi) is 11.0. The molecule has 36 heavy (non-hydrogen) atoms. The standard InChI is InChI=1S/C26H36ClN3O5S/c1-6-19(3)28-26(32)23(7-2)29(16-15-20-11-9-8-10-12-20)25(31)18-30(36(5,33)34)21-13-14-24(35-4)22(27)17-21/h8-14,17,19,23H,6-7,15-16,18H2,1-5H3,(H,28,32)/t19-,23-/m1/s1. The molecule has 10 heteroatoms. The third kappa shape index (κ3) is 8.13. The molecule has 2 aromatic rings. The van der Waals surface area contributed by atoms with Gasteiger partial charge >= 0.3 is 0 Å². The number of amides is 2. The molecule has 0 aromatic heterocycles. The van der Waals surface area contributed by atoms with Gasteiger partial charge in [-0.2, -0.15) is 0 Å². The van der Waals surface area contributed by atoms with Crippen LogP contribution in [0.3, 0.4) is 0 Å². The summed E-state index contributed by atoms with van der Waals surface area (Å²) in [6, 6.07) is 13.3. The average Bonchev–Trinajstić information content (AvgIpc) is 2.84. The molecule has 0 heterocycles. The van der Waals surface area contributed by atoms with Crippen LogP contribution in [0.15, 0.2) is 48.5 Å². The highest BCUT2D eigenvalue weighted by atomic mass is 35.5. The molecule has 0 radical (unpaired) electrons. The molecule has 2 aromatic carbocycles. The summed E-state index contributed by atoms with van der Waals surface area (Å²) in [4.78, 5) is 28.2. The van der Waals surface area contributed by atoms with E-state index in [2.05, 4.69) is 5.32 Å². The Morgan fingerprint density at radius 1 is 1.08 bits per heavy atom. The summed E-state index contributed by atoms with van der Waals surface area (Å²) in [5, 5.41) is 3.17. The minimum atomic E-state index is -3.84. The minimum absolute atomic E-state index is 0.0495. The first kappa shape index (κ1) is 29.5. The number of ether oxygens (including phenoxy) is 1. The van der Waals surface area contributed by atoms with Crippen molar-refractivity contribution in [1.82, 2.24) is 10.2 Å². The number of carbonyl (C=O) groups is 2. The van der Waals surface area contributed by atoms with Gasteiger partial charge in [0.1, 0.15) is 18.3 Å². The second-order valence-corrected chi connectivity index (χ2v) is 11.0. The molecule has 0 aliphatic heterocycles. The number of hydrogen-bond donors (Lipinski definition) is 1. The van der Waals surface area contributed by atoms with E-state index >= 15 is 0 Å². The molecule has 198 valence electrons. The number of carbonyl (C=O) groups excluding carboxylic acids is 2. The summed E-state index contributed by atoms with van der Waals surface area (Å²) in [6.45, 7) is 5.49. The summed E-state index contributed by atoms with van der Waals surface area (Å²) in [7, 11) is -2.38. The summed E-state index contributed by atoms with van der Waals surface area (Å²) >= 11 is 6.22. The molecule has 0 fully saturated rings. The molecule has 8 nitrogen and oxygen atoms in total. The molecule has 0 aliphatic rings. The van der Waals surface area contributed by atoms with Crippen LogP contribution in [0, 0.1) is 0 Å². The first-order valence-electron chi connectivity index (χ1n) is 12.0. The van der Waals surface area contributed by atoms with E-state index in [1.165, 1.54) is 24.1 Å². The van der Waals surface area contributed by atoms with E-state index in [1.807, 2.05) is 51.1 Å². The third-order valence-corrected chi connectivity index (χ3v) is 7.41. The van der Waals surface area contributed by atoms with Gasteiger partial charge in [0, 0.05) is 12.6 Å². The fourth-order valence-electron chi connectivity index (χ4n) is 3.76. The van der Waals surface area contributed by atoms with Crippen molar-refractivity contribution < 1.29 is 22.7 Å². The maximum absolute atomic E-state index is 13.6. The Morgan fingerprint density at radius 3 is 2.28 bits per heavy atom. The van der Waals surface area contributed by atoms with Gasteiger partial charge in [0.25, 0.3) is 0 Å². The van der Waals surface area contributed by atoms with Crippen LogP contribution in [-0.4, -0.2) is 63.7 Å². The molecule has 1 N–H and O–H groups in total. The van der Waals surface area contributed by atoms with Gasteiger partial charge in [0.15, 0.2) is 0 Å². The highest BCUT2D eigenvalue weighted by Gasteiger charge is 2.32. The van der Waals surface area contributed by atoms with Crippen LogP contribution >= 0.6 is 11.6 Å². The number of nitrogens with one attached hydrogen (secondary N) is 1. The maximum Gasteiger partial charge on any atom is 0.244 e. The number of benzene rings is 2. The molecule has 0 saturated heterocycles. The van der Waals surface area contributed by atoms with Gasteiger partial charge in [-0.1, -0.05) is 55.8 Å². The topological polar surface area (TPSA) is 96.0 Å². The summed E-state index contributed by atoms with van der Waals surface area (Å²) < 4.78 is 31.5. The lowest BCUT2D eigenvalue weighted by molar-refractivity contribution is -0.139. The van der Waals surface area contributed by atoms with Crippen molar-refractivity contribution in [2.75, 3.05) is 30.8 Å². The SMILES string of the molecule is CC[C@@H](C)NC(=O)[C@@H](CC)N(CCc1ccccc1)C(=O)CN(c1ccc(OC)c(Cl)c1)S(C)(=O)=O. The molecule has 0 unspecified atom stereocenters. The number of rotatable bonds is 13. The van der Waals surface area contributed by atoms with Gasteiger partial charge < -0.3 is 15.0 Å². The lowest BCUT2D eigenvalue weighted by Crippen LogP contribution is -2.54. The number of anilines is 1. The third-order valence-electron chi connectivity index (χ3n) is 5.97. The quantitative estimate of drug-likeness (QED) is 0.418. The van der Waals surface area contributed by atoms with Crippen molar-refractivity contribution >= 4 is 39.1 Å². The minimum Gasteiger partial charge on any atom is -0.495 e. The summed E-state index contributed by atoms with van der Waals surface area (Å²) in [6.07, 6.45) is 2.68. The van der Waals surface area contributed by atoms with Crippen molar-refractivity contribution in [3.63, 3.8) is 0 Å². The lowest BCUT2D eigenvalue weighted by Gasteiger charge is -2.33. The smallest absolute Gasteiger partial charge is 0.244 e. The predicted molar refractivity (Wildman–Crippen MR) is 144 cm³/mol. The average molecular weight is 538 g/mol. The van der Waals surface area contributed by atoms with E-state index in [0.717, 1.165) is 22.5 Å². The molecule has 2 rings (SSSR count). The second kappa shape index (κ2) is 13.5. The molecule has 0 saturated carbocycles. The van der Waals surface area contributed by atoms with Crippen LogP contribution in [-0.2, 0) is 26.0 Å². The van der Waals surface area contributed by atoms with Crippen LogP contribution in [0.4, 0.5) is 5.69 Å². The summed E-state index contributed by atoms with van der Waals surface area (Å²) in [5.41, 5.74) is 1.24. The fourth-order valence-corrected chi connectivity index (χ4v) is 4.85. The molecule has 2 atom stereocenters. The second-order valence-electron chi connectivity index (χ2n) is 8.65. The Morgan fingerprint density at radius 2 is 1.75 bits per heavy atom. The largest absolute Gasteiger partial charge is 0.495 e. The Hall–Kier alpha value is -2.78. The monoisotopic (exact) mass is 537 g/mol. The zero-order chi connectivity index (χ0) is 26.9. The first-order valence-corrected chi connectivity index (χ1v) is 14.2. The normalized spacial score (nSPS) is 12.9. The molecular formula is C26H36ClN3O5S. The van der Waals surface area contributed by atoms with E-state index in [0.29, 0.717) is 18.6 Å². The van der Waals surface area contributed by atoms with Crippen LogP contribution < -0.4 is 14.4 Å². The van der Waals surface area contributed by atoms with Crippen molar-refractivity contribution in [2.24, 2.45) is 0 Å². The van der Waals surface area contributed by atoms with Crippen molar-refractivity contribution in [1.29, 1.82) is 0 Å². The first-order chi connectivity index (χ1) is 17.0. The molecule has 0 spiro atoms. The Balaban J connectivity index is 2.39. The van der Waals surface area contributed by atoms with E-state index in [1.54, 1.807) is 6.07 Å². The van der Waals surface area contributed by atoms with E-state index in [9.17, 15) is 18.0 Å². The number of hydrogen-bond acceptors (Lipinski definition) is 5. The van der Waals surface area contributed by atoms with Crippen molar-refractivity contribution in [3.05, 3.63) is 59.1 Å². The van der Waals surface area contributed by atoms with Crippen LogP contribution in [0.2, 0.25) is 5.02 Å². The van der Waals surface area contributed by atoms with Gasteiger partial charge in [0.05, 0.1) is 24.1 Å². The van der Waals surface area contributed by atoms with Gasteiger partial charge in [-0.05, 0) is 49.9 Å². The zero-order valence-electron chi connectivity index (χ0n) is 21.5. The van der Waals surface area contributed by atoms with Crippen LogP contribution in [0.25, 0.3) is 0 Å². The maximum atomic E-state index is 13.6. The van der Waals surface area contributed by atoms with Gasteiger partial charge in [-0.3, -0.25) is 13.9 Å². The molecular weight excluding hydrogens is 502 g/mol. The van der Waals surface area contributed by atoms with E-state index in [-0.39, 0.29) is 29.2 Å². The zero-order valence-corrected chi connectivity index (χ0v) is 23.1. The fraction of sp³-hybridized carbons (Fsp3) is 0.462. The van der Waals surface area contributed by atoms with Crippen LogP contribution in [0.1, 0.15) is 39.2 Å². The lowest BCUT2D eigenvalue weighted by atomic mass is 10.1. The van der Waals surface area contributed by atoms with Crippen molar-refractivity contribution in [3.8, 4) is 5.75 Å². The number of methoxy groups -OCH3 is 1. The molecule has 2 amide bonds. The van der Waals surface area contributed by atoms with Crippen LogP contribution in [0.5, 0.6) is 5.75 Å². The number of sulfonamides is 1. The molecule has 0 bridgehead atoms. The van der Waals surface area contributed by atoms with E-state index in [4.69, 9.17) is 16.3 Å². The Bertz CT molecular complexity index is 1130. The van der Waals surface area contributed by atoms with E-state index < -0.39 is 28.5 Å². The highest BCUT2D eigenvalue weighted by molar-refractivity contribution is 7.92. The Labute approximate surface area is 219 Å². The van der Waals surface area contributed by atoms with Gasteiger partial charge in [0.2, 0.25) is 21.8 Å². The van der Waals surface area contributed by atoms with Gasteiger partial charge in [-0.25, -0.2) is 8.42 Å². The number of halogens is 1. The molecule has 0 aliphatic carbocycles.